The van der Waals surface area contributed by atoms with Gasteiger partial charge in [-0.25, -0.2) is 0 Å². The first-order valence-electron chi connectivity index (χ1n) is 7.01. The second-order valence-electron chi connectivity index (χ2n) is 5.19. The van der Waals surface area contributed by atoms with Gasteiger partial charge in [0.05, 0.1) is 18.6 Å². The highest BCUT2D eigenvalue weighted by Crippen LogP contribution is 2.10. The molecule has 0 heterocycles. The number of carbonyl (C=O) groups is 2. The van der Waals surface area contributed by atoms with Crippen LogP contribution in [0.15, 0.2) is 24.3 Å². The monoisotopic (exact) mass is 293 g/mol. The summed E-state index contributed by atoms with van der Waals surface area (Å²) in [6, 6.07) is 7.23. The molecule has 1 rings (SSSR count). The molecule has 0 fully saturated rings. The van der Waals surface area contributed by atoms with Crippen molar-refractivity contribution in [2.45, 2.75) is 33.5 Å². The molecule has 1 aromatic carbocycles. The number of methoxy groups -OCH3 is 1. The van der Waals surface area contributed by atoms with Crippen LogP contribution in [0, 0.1) is 5.92 Å². The van der Waals surface area contributed by atoms with Crippen LogP contribution in [-0.4, -0.2) is 31.6 Å². The SMILES string of the molecule is COCc1ccccc1C(=O)NC[C@@H](C)C(=O)OC(C)C. The molecule has 0 aromatic heterocycles. The van der Waals surface area contributed by atoms with E-state index < -0.39 is 0 Å². The Kier molecular flexibility index (Phi) is 6.88. The molecule has 0 spiro atoms. The van der Waals surface area contributed by atoms with Crippen molar-refractivity contribution in [1.29, 1.82) is 0 Å². The zero-order chi connectivity index (χ0) is 15.8. The van der Waals surface area contributed by atoms with Crippen LogP contribution in [0.1, 0.15) is 36.7 Å². The quantitative estimate of drug-likeness (QED) is 0.782. The maximum atomic E-state index is 12.2. The van der Waals surface area contributed by atoms with Gasteiger partial charge in [-0.05, 0) is 25.5 Å². The van der Waals surface area contributed by atoms with E-state index in [9.17, 15) is 9.59 Å². The Balaban J connectivity index is 2.60. The third kappa shape index (κ3) is 5.55. The summed E-state index contributed by atoms with van der Waals surface area (Å²) in [5, 5.41) is 2.76. The van der Waals surface area contributed by atoms with Crippen LogP contribution >= 0.6 is 0 Å². The fourth-order valence-corrected chi connectivity index (χ4v) is 1.80. The van der Waals surface area contributed by atoms with E-state index in [1.807, 2.05) is 12.1 Å². The normalized spacial score (nSPS) is 12.0. The molecule has 1 N–H and O–H groups in total. The Morgan fingerprint density at radius 2 is 1.86 bits per heavy atom. The Morgan fingerprint density at radius 3 is 2.48 bits per heavy atom. The van der Waals surface area contributed by atoms with Crippen LogP contribution in [0.2, 0.25) is 0 Å². The highest BCUT2D eigenvalue weighted by atomic mass is 16.5. The molecule has 0 saturated carbocycles. The minimum absolute atomic E-state index is 0.155. The number of esters is 1. The number of rotatable bonds is 7. The van der Waals surface area contributed by atoms with Crippen molar-refractivity contribution in [3.63, 3.8) is 0 Å². The third-order valence-electron chi connectivity index (χ3n) is 2.88. The Labute approximate surface area is 125 Å². The van der Waals surface area contributed by atoms with Gasteiger partial charge in [0.1, 0.15) is 0 Å². The first-order valence-corrected chi connectivity index (χ1v) is 7.01. The minimum atomic E-state index is -0.383. The lowest BCUT2D eigenvalue weighted by Gasteiger charge is -2.15. The number of hydrogen-bond acceptors (Lipinski definition) is 4. The molecule has 0 aliphatic carbocycles. The summed E-state index contributed by atoms with van der Waals surface area (Å²) in [6.45, 7) is 5.93. The van der Waals surface area contributed by atoms with Gasteiger partial charge in [0, 0.05) is 19.2 Å². The molecule has 1 aromatic rings. The second-order valence-corrected chi connectivity index (χ2v) is 5.19. The summed E-state index contributed by atoms with van der Waals surface area (Å²) < 4.78 is 10.2. The van der Waals surface area contributed by atoms with Crippen molar-refractivity contribution in [3.05, 3.63) is 35.4 Å². The molecule has 1 amide bonds. The average molecular weight is 293 g/mol. The molecule has 0 unspecified atom stereocenters. The molecule has 0 saturated heterocycles. The van der Waals surface area contributed by atoms with E-state index in [0.717, 1.165) is 5.56 Å². The Morgan fingerprint density at radius 1 is 1.19 bits per heavy atom. The number of amides is 1. The van der Waals surface area contributed by atoms with Gasteiger partial charge in [-0.15, -0.1) is 0 Å². The zero-order valence-corrected chi connectivity index (χ0v) is 13.0. The van der Waals surface area contributed by atoms with Gasteiger partial charge in [-0.1, -0.05) is 25.1 Å². The van der Waals surface area contributed by atoms with Gasteiger partial charge < -0.3 is 14.8 Å². The van der Waals surface area contributed by atoms with Gasteiger partial charge in [0.15, 0.2) is 0 Å². The van der Waals surface area contributed by atoms with Crippen molar-refractivity contribution in [3.8, 4) is 0 Å². The molecule has 5 nitrogen and oxygen atoms in total. The first kappa shape index (κ1) is 17.2. The highest BCUT2D eigenvalue weighted by Gasteiger charge is 2.18. The lowest BCUT2D eigenvalue weighted by atomic mass is 10.1. The molecule has 0 bridgehead atoms. The van der Waals surface area contributed by atoms with Crippen LogP contribution in [0.5, 0.6) is 0 Å². The third-order valence-corrected chi connectivity index (χ3v) is 2.88. The van der Waals surface area contributed by atoms with E-state index in [4.69, 9.17) is 9.47 Å². The number of nitrogens with one attached hydrogen (secondary N) is 1. The standard InChI is InChI=1S/C16H23NO4/c1-11(2)21-16(19)12(3)9-17-15(18)14-8-6-5-7-13(14)10-20-4/h5-8,11-12H,9-10H2,1-4H3,(H,17,18)/t12-/m1/s1. The van der Waals surface area contributed by atoms with Gasteiger partial charge in [0.25, 0.3) is 5.91 Å². The second kappa shape index (κ2) is 8.42. The highest BCUT2D eigenvalue weighted by molar-refractivity contribution is 5.95. The van der Waals surface area contributed by atoms with Crippen LogP contribution < -0.4 is 5.32 Å². The molecule has 1 atom stereocenters. The molecule has 21 heavy (non-hydrogen) atoms. The molecule has 0 aliphatic rings. The fraction of sp³-hybridized carbons (Fsp3) is 0.500. The summed E-state index contributed by atoms with van der Waals surface area (Å²) in [7, 11) is 1.58. The molecule has 5 heteroatoms. The first-order chi connectivity index (χ1) is 9.95. The number of hydrogen-bond donors (Lipinski definition) is 1. The van der Waals surface area contributed by atoms with E-state index in [2.05, 4.69) is 5.32 Å². The zero-order valence-electron chi connectivity index (χ0n) is 13.0. The molecule has 0 aliphatic heterocycles. The summed E-state index contributed by atoms with van der Waals surface area (Å²) in [5.74, 6) is -0.909. The molecular weight excluding hydrogens is 270 g/mol. The lowest BCUT2D eigenvalue weighted by molar-refractivity contribution is -0.151. The molecule has 116 valence electrons. The fourth-order valence-electron chi connectivity index (χ4n) is 1.80. The van der Waals surface area contributed by atoms with Crippen molar-refractivity contribution in [2.75, 3.05) is 13.7 Å². The van der Waals surface area contributed by atoms with E-state index in [1.54, 1.807) is 40.0 Å². The largest absolute Gasteiger partial charge is 0.463 e. The van der Waals surface area contributed by atoms with Crippen molar-refractivity contribution >= 4 is 11.9 Å². The van der Waals surface area contributed by atoms with E-state index in [0.29, 0.717) is 12.2 Å². The molecular formula is C16H23NO4. The predicted molar refractivity (Wildman–Crippen MR) is 79.9 cm³/mol. The Bertz CT molecular complexity index is 485. The summed E-state index contributed by atoms with van der Waals surface area (Å²) in [5.41, 5.74) is 1.37. The lowest BCUT2D eigenvalue weighted by Crippen LogP contribution is -2.33. The van der Waals surface area contributed by atoms with Crippen LogP contribution in [0.3, 0.4) is 0 Å². The van der Waals surface area contributed by atoms with E-state index >= 15 is 0 Å². The number of benzene rings is 1. The van der Waals surface area contributed by atoms with Crippen molar-refractivity contribution in [1.82, 2.24) is 5.32 Å². The minimum Gasteiger partial charge on any atom is -0.463 e. The van der Waals surface area contributed by atoms with Gasteiger partial charge in [-0.2, -0.15) is 0 Å². The topological polar surface area (TPSA) is 64.6 Å². The summed E-state index contributed by atoms with van der Waals surface area (Å²) >= 11 is 0. The summed E-state index contributed by atoms with van der Waals surface area (Å²) in [4.78, 5) is 23.8. The number of ether oxygens (including phenoxy) is 2. The summed E-state index contributed by atoms with van der Waals surface area (Å²) in [6.07, 6.45) is -0.155. The predicted octanol–water partition coefficient (Wildman–Crippen LogP) is 2.15. The van der Waals surface area contributed by atoms with E-state index in [1.165, 1.54) is 0 Å². The van der Waals surface area contributed by atoms with Crippen molar-refractivity contribution < 1.29 is 19.1 Å². The molecule has 0 radical (unpaired) electrons. The van der Waals surface area contributed by atoms with Gasteiger partial charge >= 0.3 is 5.97 Å². The van der Waals surface area contributed by atoms with Crippen LogP contribution in [0.25, 0.3) is 0 Å². The average Bonchev–Trinajstić information content (AvgIpc) is 2.44. The van der Waals surface area contributed by atoms with E-state index in [-0.39, 0.29) is 30.4 Å². The van der Waals surface area contributed by atoms with Crippen molar-refractivity contribution in [2.24, 2.45) is 5.92 Å². The van der Waals surface area contributed by atoms with Crippen LogP contribution in [0.4, 0.5) is 0 Å². The maximum Gasteiger partial charge on any atom is 0.310 e. The van der Waals surface area contributed by atoms with Gasteiger partial charge in [0.2, 0.25) is 0 Å². The van der Waals surface area contributed by atoms with Crippen LogP contribution in [-0.2, 0) is 20.9 Å². The maximum absolute atomic E-state index is 12.2. The Hall–Kier alpha value is -1.88. The smallest absolute Gasteiger partial charge is 0.310 e. The number of carbonyl (C=O) groups excluding carboxylic acids is 2. The van der Waals surface area contributed by atoms with Gasteiger partial charge in [-0.3, -0.25) is 9.59 Å².